The summed E-state index contributed by atoms with van der Waals surface area (Å²) in [7, 11) is 0.658. The molecule has 1 fully saturated rings. The molecule has 1 aliphatic rings. The van der Waals surface area contributed by atoms with E-state index in [1.165, 1.54) is 13.2 Å². The van der Waals surface area contributed by atoms with E-state index in [1.807, 2.05) is 27.7 Å². The summed E-state index contributed by atoms with van der Waals surface area (Å²) in [4.78, 5) is 12.1. The highest BCUT2D eigenvalue weighted by Gasteiger charge is 2.54. The number of hydrogen-bond donors (Lipinski definition) is 2. The lowest BCUT2D eigenvalue weighted by Gasteiger charge is -2.32. The fourth-order valence-corrected chi connectivity index (χ4v) is 2.81. The molecule has 1 saturated heterocycles. The minimum atomic E-state index is -0.724. The van der Waals surface area contributed by atoms with E-state index in [1.54, 1.807) is 13.0 Å². The molecule has 0 spiro atoms. The highest BCUT2D eigenvalue weighted by molar-refractivity contribution is 6.48. The Balaban J connectivity index is 2.43. The molecule has 0 radical (unpaired) electrons. The minimum absolute atomic E-state index is 0.00195. The topological polar surface area (TPSA) is 94.5 Å². The van der Waals surface area contributed by atoms with E-state index in [0.717, 1.165) is 0 Å². The highest BCUT2D eigenvalue weighted by atomic mass is 16.7. The van der Waals surface area contributed by atoms with Crippen molar-refractivity contribution in [3.8, 4) is 17.2 Å². The molecule has 8 heteroatoms. The number of hydrogen-bond acceptors (Lipinski definition) is 7. The molecule has 1 aromatic rings. The summed E-state index contributed by atoms with van der Waals surface area (Å²) in [6.07, 6.45) is -0.00195. The molecule has 0 bridgehead atoms. The standard InChI is InChI=1S/C18H27BO7/c1-7-24-15(21)10-12(19-25-17(2,3)18(4,5)26-19)11-8-13(20)16(22)14(9-11)23-6/h8-9,12,20,22H,7,10H2,1-6H3. The van der Waals surface area contributed by atoms with Crippen molar-refractivity contribution in [1.82, 2.24) is 0 Å². The smallest absolute Gasteiger partial charge is 0.466 e. The maximum atomic E-state index is 12.1. The van der Waals surface area contributed by atoms with Crippen LogP contribution in [0, 0.1) is 0 Å². The number of carbonyl (C=O) groups excluding carboxylic acids is 1. The zero-order valence-corrected chi connectivity index (χ0v) is 16.2. The Hall–Kier alpha value is -1.93. The molecule has 0 aliphatic carbocycles. The van der Waals surface area contributed by atoms with Gasteiger partial charge in [0.25, 0.3) is 0 Å². The van der Waals surface area contributed by atoms with Crippen LogP contribution in [0.25, 0.3) is 0 Å². The zero-order chi connectivity index (χ0) is 19.7. The summed E-state index contributed by atoms with van der Waals surface area (Å²) in [5, 5.41) is 19.9. The maximum absolute atomic E-state index is 12.1. The number of phenolic OH excluding ortho intramolecular Hbond substituents is 2. The second-order valence-corrected chi connectivity index (χ2v) is 7.33. The van der Waals surface area contributed by atoms with Crippen molar-refractivity contribution < 1.29 is 33.8 Å². The van der Waals surface area contributed by atoms with Crippen LogP contribution in [-0.2, 0) is 18.8 Å². The van der Waals surface area contributed by atoms with Gasteiger partial charge in [0.1, 0.15) is 0 Å². The normalized spacial score (nSPS) is 19.2. The number of methoxy groups -OCH3 is 1. The van der Waals surface area contributed by atoms with Crippen LogP contribution in [0.4, 0.5) is 0 Å². The lowest BCUT2D eigenvalue weighted by Crippen LogP contribution is -2.41. The summed E-state index contributed by atoms with van der Waals surface area (Å²) in [5.74, 6) is -1.55. The van der Waals surface area contributed by atoms with Crippen LogP contribution in [0.15, 0.2) is 12.1 Å². The van der Waals surface area contributed by atoms with Crippen LogP contribution in [0.3, 0.4) is 0 Å². The van der Waals surface area contributed by atoms with Gasteiger partial charge in [-0.2, -0.15) is 0 Å². The molecule has 1 unspecified atom stereocenters. The predicted octanol–water partition coefficient (Wildman–Crippen LogP) is 2.77. The number of phenols is 2. The Kier molecular flexibility index (Phi) is 5.77. The molecule has 1 atom stereocenters. The van der Waals surface area contributed by atoms with Gasteiger partial charge in [0.05, 0.1) is 31.3 Å². The number of benzene rings is 1. The molecular formula is C18H27BO7. The Morgan fingerprint density at radius 1 is 1.19 bits per heavy atom. The molecule has 0 saturated carbocycles. The molecule has 1 heterocycles. The van der Waals surface area contributed by atoms with E-state index in [0.29, 0.717) is 5.56 Å². The first kappa shape index (κ1) is 20.4. The molecule has 7 nitrogen and oxygen atoms in total. The summed E-state index contributed by atoms with van der Waals surface area (Å²) in [5.41, 5.74) is -0.606. The average Bonchev–Trinajstić information content (AvgIpc) is 2.75. The summed E-state index contributed by atoms with van der Waals surface area (Å²) in [6, 6.07) is 2.94. The quantitative estimate of drug-likeness (QED) is 0.454. The molecule has 26 heavy (non-hydrogen) atoms. The van der Waals surface area contributed by atoms with Gasteiger partial charge in [0.15, 0.2) is 11.5 Å². The van der Waals surface area contributed by atoms with Gasteiger partial charge in [0.2, 0.25) is 5.75 Å². The molecular weight excluding hydrogens is 339 g/mol. The third kappa shape index (κ3) is 3.91. The minimum Gasteiger partial charge on any atom is -0.504 e. The lowest BCUT2D eigenvalue weighted by atomic mass is 9.66. The van der Waals surface area contributed by atoms with E-state index >= 15 is 0 Å². The Morgan fingerprint density at radius 2 is 1.77 bits per heavy atom. The molecule has 1 aromatic carbocycles. The fraction of sp³-hybridized carbons (Fsp3) is 0.611. The van der Waals surface area contributed by atoms with E-state index in [4.69, 9.17) is 18.8 Å². The second kappa shape index (κ2) is 7.36. The van der Waals surface area contributed by atoms with Gasteiger partial charge in [-0.15, -0.1) is 0 Å². The summed E-state index contributed by atoms with van der Waals surface area (Å²) >= 11 is 0. The van der Waals surface area contributed by atoms with Crippen LogP contribution >= 0.6 is 0 Å². The molecule has 0 aromatic heterocycles. The zero-order valence-electron chi connectivity index (χ0n) is 16.2. The molecule has 0 amide bonds. The molecule has 144 valence electrons. The van der Waals surface area contributed by atoms with Crippen LogP contribution in [0.5, 0.6) is 17.2 Å². The maximum Gasteiger partial charge on any atom is 0.466 e. The van der Waals surface area contributed by atoms with Crippen LogP contribution < -0.4 is 4.74 Å². The van der Waals surface area contributed by atoms with Crippen molar-refractivity contribution in [3.05, 3.63) is 17.7 Å². The van der Waals surface area contributed by atoms with E-state index in [9.17, 15) is 15.0 Å². The van der Waals surface area contributed by atoms with Crippen LogP contribution in [0.2, 0.25) is 0 Å². The van der Waals surface area contributed by atoms with Gasteiger partial charge >= 0.3 is 13.1 Å². The van der Waals surface area contributed by atoms with Crippen molar-refractivity contribution in [3.63, 3.8) is 0 Å². The highest BCUT2D eigenvalue weighted by Crippen LogP contribution is 2.44. The number of carbonyl (C=O) groups is 1. The first-order chi connectivity index (χ1) is 12.0. The Morgan fingerprint density at radius 3 is 2.27 bits per heavy atom. The van der Waals surface area contributed by atoms with Crippen molar-refractivity contribution in [2.75, 3.05) is 13.7 Å². The van der Waals surface area contributed by atoms with Crippen LogP contribution in [0.1, 0.15) is 52.4 Å². The third-order valence-corrected chi connectivity index (χ3v) is 5.02. The third-order valence-electron chi connectivity index (χ3n) is 5.02. The summed E-state index contributed by atoms with van der Waals surface area (Å²) in [6.45, 7) is 9.68. The molecule has 1 aliphatic heterocycles. The largest absolute Gasteiger partial charge is 0.504 e. The van der Waals surface area contributed by atoms with Gasteiger partial charge in [0, 0.05) is 5.82 Å². The Labute approximate surface area is 154 Å². The van der Waals surface area contributed by atoms with E-state index in [2.05, 4.69) is 0 Å². The fourth-order valence-electron chi connectivity index (χ4n) is 2.81. The molecule has 2 N–H and O–H groups in total. The van der Waals surface area contributed by atoms with Crippen LogP contribution in [-0.4, -0.2) is 48.2 Å². The number of rotatable bonds is 6. The average molecular weight is 366 g/mol. The van der Waals surface area contributed by atoms with Gasteiger partial charge in [-0.25, -0.2) is 0 Å². The first-order valence-electron chi connectivity index (χ1n) is 8.63. The summed E-state index contributed by atoms with van der Waals surface area (Å²) < 4.78 is 22.4. The van der Waals surface area contributed by atoms with Crippen molar-refractivity contribution >= 4 is 13.1 Å². The van der Waals surface area contributed by atoms with Crippen molar-refractivity contribution in [2.45, 2.75) is 58.1 Å². The second-order valence-electron chi connectivity index (χ2n) is 7.33. The number of aromatic hydroxyl groups is 2. The number of ether oxygens (including phenoxy) is 2. The SMILES string of the molecule is CCOC(=O)CC(B1OC(C)(C)C(C)(C)O1)c1cc(O)c(O)c(OC)c1. The number of esters is 1. The van der Waals surface area contributed by atoms with Gasteiger partial charge in [-0.1, -0.05) is 0 Å². The van der Waals surface area contributed by atoms with Gasteiger partial charge in [-0.3, -0.25) is 4.79 Å². The lowest BCUT2D eigenvalue weighted by molar-refractivity contribution is -0.143. The van der Waals surface area contributed by atoms with Crippen molar-refractivity contribution in [2.24, 2.45) is 0 Å². The van der Waals surface area contributed by atoms with Gasteiger partial charge in [-0.05, 0) is 52.3 Å². The first-order valence-corrected chi connectivity index (χ1v) is 8.63. The van der Waals surface area contributed by atoms with E-state index in [-0.39, 0.29) is 30.3 Å². The predicted molar refractivity (Wildman–Crippen MR) is 96.4 cm³/mol. The Bertz CT molecular complexity index is 656. The monoisotopic (exact) mass is 366 g/mol. The van der Waals surface area contributed by atoms with Crippen molar-refractivity contribution in [1.29, 1.82) is 0 Å². The molecule has 2 rings (SSSR count). The van der Waals surface area contributed by atoms with Gasteiger partial charge < -0.3 is 29.0 Å². The van der Waals surface area contributed by atoms with E-state index < -0.39 is 30.1 Å².